The zero-order valence-electron chi connectivity index (χ0n) is 15.7. The van der Waals surface area contributed by atoms with E-state index in [2.05, 4.69) is 0 Å². The number of methoxy groups -OCH3 is 1. The molecule has 29 heavy (non-hydrogen) atoms. The van der Waals surface area contributed by atoms with Crippen molar-refractivity contribution in [3.63, 3.8) is 0 Å². The predicted molar refractivity (Wildman–Crippen MR) is 102 cm³/mol. The molecule has 0 saturated carbocycles. The van der Waals surface area contributed by atoms with Crippen molar-refractivity contribution in [1.29, 1.82) is 5.26 Å². The van der Waals surface area contributed by atoms with E-state index in [1.807, 2.05) is 6.07 Å². The molecule has 0 N–H and O–H groups in total. The molecule has 0 spiro atoms. The van der Waals surface area contributed by atoms with Crippen LogP contribution >= 0.6 is 0 Å². The minimum Gasteiger partial charge on any atom is -0.493 e. The summed E-state index contributed by atoms with van der Waals surface area (Å²) in [5, 5.41) is 8.94. The molecule has 0 aliphatic carbocycles. The van der Waals surface area contributed by atoms with E-state index in [4.69, 9.17) is 14.7 Å². The van der Waals surface area contributed by atoms with Gasteiger partial charge in [-0.25, -0.2) is 17.6 Å². The molecule has 0 unspecified atom stereocenters. The third kappa shape index (κ3) is 4.39. The van der Waals surface area contributed by atoms with E-state index in [9.17, 15) is 17.6 Å². The molecule has 7 nitrogen and oxygen atoms in total. The van der Waals surface area contributed by atoms with Crippen molar-refractivity contribution in [3.05, 3.63) is 53.3 Å². The van der Waals surface area contributed by atoms with Crippen molar-refractivity contribution >= 4 is 16.0 Å². The molecule has 1 heterocycles. The van der Waals surface area contributed by atoms with Gasteiger partial charge in [0, 0.05) is 19.2 Å². The first-order chi connectivity index (χ1) is 13.9. The van der Waals surface area contributed by atoms with Crippen molar-refractivity contribution in [2.24, 2.45) is 0 Å². The van der Waals surface area contributed by atoms with E-state index in [0.717, 1.165) is 24.6 Å². The van der Waals surface area contributed by atoms with Gasteiger partial charge in [-0.1, -0.05) is 6.42 Å². The highest BCUT2D eigenvalue weighted by molar-refractivity contribution is 7.89. The lowest BCUT2D eigenvalue weighted by Crippen LogP contribution is -2.36. The van der Waals surface area contributed by atoms with Gasteiger partial charge in [-0.05, 0) is 43.2 Å². The number of halogens is 1. The Morgan fingerprint density at radius 3 is 2.48 bits per heavy atom. The molecule has 2 aromatic carbocycles. The van der Waals surface area contributed by atoms with Crippen LogP contribution < -0.4 is 9.47 Å². The van der Waals surface area contributed by atoms with Gasteiger partial charge in [0.2, 0.25) is 10.0 Å². The van der Waals surface area contributed by atoms with Crippen LogP contribution in [0.4, 0.5) is 4.39 Å². The quantitative estimate of drug-likeness (QED) is 0.547. The van der Waals surface area contributed by atoms with Crippen molar-refractivity contribution in [2.45, 2.75) is 24.2 Å². The Labute approximate surface area is 168 Å². The number of benzene rings is 2. The highest BCUT2D eigenvalue weighted by Crippen LogP contribution is 2.29. The summed E-state index contributed by atoms with van der Waals surface area (Å²) in [5.41, 5.74) is 0.201. The molecular formula is C20H19FN2O5S. The summed E-state index contributed by atoms with van der Waals surface area (Å²) >= 11 is 0. The maximum absolute atomic E-state index is 14.3. The van der Waals surface area contributed by atoms with Gasteiger partial charge in [0.15, 0.2) is 11.5 Å². The number of hydrogen-bond acceptors (Lipinski definition) is 6. The first-order valence-electron chi connectivity index (χ1n) is 8.97. The van der Waals surface area contributed by atoms with Gasteiger partial charge in [0.05, 0.1) is 24.3 Å². The van der Waals surface area contributed by atoms with Crippen LogP contribution in [0.3, 0.4) is 0 Å². The van der Waals surface area contributed by atoms with Gasteiger partial charge >= 0.3 is 5.97 Å². The molecule has 152 valence electrons. The van der Waals surface area contributed by atoms with Crippen LogP contribution in [-0.4, -0.2) is 38.9 Å². The van der Waals surface area contributed by atoms with E-state index >= 15 is 0 Å². The fourth-order valence-electron chi connectivity index (χ4n) is 3.05. The van der Waals surface area contributed by atoms with E-state index in [1.54, 1.807) is 0 Å². The largest absolute Gasteiger partial charge is 0.493 e. The molecule has 9 heteroatoms. The Hall–Kier alpha value is -2.96. The van der Waals surface area contributed by atoms with Crippen LogP contribution in [0.15, 0.2) is 41.3 Å². The number of ether oxygens (including phenoxy) is 2. The zero-order valence-corrected chi connectivity index (χ0v) is 16.5. The number of carbonyl (C=O) groups excluding carboxylic acids is 1. The SMILES string of the molecule is COc1cc(C#N)ccc1OC(=O)c1ccc(F)c(S(=O)(=O)N2CCCCC2)c1. The number of sulfonamides is 1. The van der Waals surface area contributed by atoms with Gasteiger partial charge in [0.1, 0.15) is 10.7 Å². The fraction of sp³-hybridized carbons (Fsp3) is 0.300. The second-order valence-electron chi connectivity index (χ2n) is 6.48. The molecule has 1 aliphatic heterocycles. The van der Waals surface area contributed by atoms with Gasteiger partial charge in [-0.15, -0.1) is 0 Å². The summed E-state index contributed by atoms with van der Waals surface area (Å²) in [6, 6.07) is 9.26. The van der Waals surface area contributed by atoms with Crippen LogP contribution in [0.25, 0.3) is 0 Å². The molecule has 0 amide bonds. The lowest BCUT2D eigenvalue weighted by Gasteiger charge is -2.26. The molecule has 0 atom stereocenters. The van der Waals surface area contributed by atoms with Crippen LogP contribution in [0.5, 0.6) is 11.5 Å². The number of carbonyl (C=O) groups is 1. The van der Waals surface area contributed by atoms with E-state index in [1.165, 1.54) is 29.6 Å². The van der Waals surface area contributed by atoms with Gasteiger partial charge in [-0.2, -0.15) is 9.57 Å². The molecule has 0 radical (unpaired) electrons. The number of hydrogen-bond donors (Lipinski definition) is 0. The minimum absolute atomic E-state index is 0.0567. The summed E-state index contributed by atoms with van der Waals surface area (Å²) in [6.45, 7) is 0.637. The van der Waals surface area contributed by atoms with E-state index in [-0.39, 0.29) is 17.1 Å². The van der Waals surface area contributed by atoms with Crippen molar-refractivity contribution in [3.8, 4) is 17.6 Å². The van der Waals surface area contributed by atoms with Gasteiger partial charge < -0.3 is 9.47 Å². The number of piperidine rings is 1. The standard InChI is InChI=1S/C20H19FN2O5S/c1-27-18-11-14(13-22)5-8-17(18)28-20(24)15-6-7-16(21)19(12-15)29(25,26)23-9-3-2-4-10-23/h5-8,11-12H,2-4,9-10H2,1H3. The Bertz CT molecular complexity index is 1070. The number of nitrogens with zero attached hydrogens (tertiary/aromatic N) is 2. The lowest BCUT2D eigenvalue weighted by molar-refractivity contribution is 0.0729. The number of rotatable bonds is 5. The average molecular weight is 418 g/mol. The maximum Gasteiger partial charge on any atom is 0.343 e. The third-order valence-electron chi connectivity index (χ3n) is 4.60. The third-order valence-corrected chi connectivity index (χ3v) is 6.51. The smallest absolute Gasteiger partial charge is 0.343 e. The van der Waals surface area contributed by atoms with E-state index in [0.29, 0.717) is 31.5 Å². The number of nitriles is 1. The van der Waals surface area contributed by atoms with Crippen LogP contribution in [0.2, 0.25) is 0 Å². The second-order valence-corrected chi connectivity index (χ2v) is 8.38. The summed E-state index contributed by atoms with van der Waals surface area (Å²) in [7, 11) is -2.70. The molecule has 0 aromatic heterocycles. The summed E-state index contributed by atoms with van der Waals surface area (Å²) in [6.07, 6.45) is 2.34. The van der Waals surface area contributed by atoms with Crippen molar-refractivity contribution in [2.75, 3.05) is 20.2 Å². The monoisotopic (exact) mass is 418 g/mol. The fourth-order valence-corrected chi connectivity index (χ4v) is 4.66. The van der Waals surface area contributed by atoms with Crippen LogP contribution in [0, 0.1) is 17.1 Å². The highest BCUT2D eigenvalue weighted by atomic mass is 32.2. The summed E-state index contributed by atoms with van der Waals surface area (Å²) in [5.74, 6) is -1.58. The molecular weight excluding hydrogens is 399 g/mol. The Kier molecular flexibility index (Phi) is 6.15. The van der Waals surface area contributed by atoms with E-state index < -0.39 is 26.7 Å². The number of esters is 1. The predicted octanol–water partition coefficient (Wildman–Crippen LogP) is 3.10. The average Bonchev–Trinajstić information content (AvgIpc) is 2.74. The summed E-state index contributed by atoms with van der Waals surface area (Å²) < 4.78 is 51.5. The van der Waals surface area contributed by atoms with Crippen molar-refractivity contribution < 1.29 is 27.1 Å². The first-order valence-corrected chi connectivity index (χ1v) is 10.4. The van der Waals surface area contributed by atoms with Crippen LogP contribution in [0.1, 0.15) is 35.2 Å². The zero-order chi connectivity index (χ0) is 21.0. The summed E-state index contributed by atoms with van der Waals surface area (Å²) in [4.78, 5) is 12.0. The maximum atomic E-state index is 14.3. The molecule has 0 bridgehead atoms. The van der Waals surface area contributed by atoms with Gasteiger partial charge in [-0.3, -0.25) is 0 Å². The molecule has 1 aliphatic rings. The Balaban J connectivity index is 1.90. The second kappa shape index (κ2) is 8.59. The lowest BCUT2D eigenvalue weighted by atomic mass is 10.2. The molecule has 3 rings (SSSR count). The Morgan fingerprint density at radius 2 is 1.83 bits per heavy atom. The minimum atomic E-state index is -4.05. The first kappa shape index (κ1) is 20.8. The molecule has 1 saturated heterocycles. The molecule has 1 fully saturated rings. The molecule has 2 aromatic rings. The highest BCUT2D eigenvalue weighted by Gasteiger charge is 2.29. The van der Waals surface area contributed by atoms with Gasteiger partial charge in [0.25, 0.3) is 0 Å². The Morgan fingerprint density at radius 1 is 1.10 bits per heavy atom. The topological polar surface area (TPSA) is 96.7 Å². The van der Waals surface area contributed by atoms with Crippen molar-refractivity contribution in [1.82, 2.24) is 4.31 Å². The normalized spacial score (nSPS) is 14.8. The van der Waals surface area contributed by atoms with Crippen LogP contribution in [-0.2, 0) is 10.0 Å².